The van der Waals surface area contributed by atoms with Crippen molar-refractivity contribution in [2.45, 2.75) is 51.6 Å². The van der Waals surface area contributed by atoms with Gasteiger partial charge in [-0.05, 0) is 26.2 Å². The minimum Gasteiger partial charge on any atom is -0.480 e. The van der Waals surface area contributed by atoms with Crippen molar-refractivity contribution in [3.05, 3.63) is 0 Å². The van der Waals surface area contributed by atoms with Crippen molar-refractivity contribution >= 4 is 28.8 Å². The molecule has 1 heterocycles. The molecule has 1 rings (SSSR count). The Kier molecular flexibility index (Phi) is 5.65. The van der Waals surface area contributed by atoms with Crippen LogP contribution in [0.2, 0.25) is 0 Å². The van der Waals surface area contributed by atoms with Crippen molar-refractivity contribution in [3.63, 3.8) is 0 Å². The standard InChI is InChI=1S/C12H19NO4S/c1-8-4-3-5-10(12(16)17)13(8)11(15)6-7-18-9(2)14/h8,10H,3-7H2,1-2H3,(H,16,17)/t8-,10-/m1/s1. The summed E-state index contributed by atoms with van der Waals surface area (Å²) < 4.78 is 0. The lowest BCUT2D eigenvalue weighted by Gasteiger charge is -2.38. The molecule has 1 aliphatic heterocycles. The number of carboxylic acids is 1. The largest absolute Gasteiger partial charge is 0.480 e. The Labute approximate surface area is 111 Å². The van der Waals surface area contributed by atoms with Gasteiger partial charge in [0.1, 0.15) is 6.04 Å². The van der Waals surface area contributed by atoms with E-state index in [9.17, 15) is 14.4 Å². The highest BCUT2D eigenvalue weighted by molar-refractivity contribution is 8.13. The zero-order valence-corrected chi connectivity index (χ0v) is 11.5. The molecule has 1 aliphatic rings. The summed E-state index contributed by atoms with van der Waals surface area (Å²) in [7, 11) is 0. The van der Waals surface area contributed by atoms with Gasteiger partial charge in [0, 0.05) is 25.1 Å². The Balaban J connectivity index is 2.60. The maximum Gasteiger partial charge on any atom is 0.326 e. The zero-order valence-electron chi connectivity index (χ0n) is 10.7. The summed E-state index contributed by atoms with van der Waals surface area (Å²) in [6, 6.07) is -0.738. The van der Waals surface area contributed by atoms with Crippen LogP contribution < -0.4 is 0 Å². The number of amides is 1. The zero-order chi connectivity index (χ0) is 13.7. The van der Waals surface area contributed by atoms with Gasteiger partial charge in [0.2, 0.25) is 5.91 Å². The van der Waals surface area contributed by atoms with Crippen LogP contribution in [0.1, 0.15) is 39.5 Å². The van der Waals surface area contributed by atoms with Gasteiger partial charge in [-0.1, -0.05) is 11.8 Å². The summed E-state index contributed by atoms with van der Waals surface area (Å²) in [5.41, 5.74) is 0. The molecule has 0 aromatic heterocycles. The number of thioether (sulfide) groups is 1. The van der Waals surface area contributed by atoms with Gasteiger partial charge in [0.05, 0.1) is 0 Å². The van der Waals surface area contributed by atoms with E-state index in [1.54, 1.807) is 0 Å². The molecule has 1 saturated heterocycles. The van der Waals surface area contributed by atoms with Crippen LogP contribution in [-0.2, 0) is 14.4 Å². The Morgan fingerprint density at radius 3 is 2.56 bits per heavy atom. The van der Waals surface area contributed by atoms with E-state index < -0.39 is 12.0 Å². The van der Waals surface area contributed by atoms with Gasteiger partial charge in [-0.15, -0.1) is 0 Å². The van der Waals surface area contributed by atoms with Crippen LogP contribution in [0, 0.1) is 0 Å². The van der Waals surface area contributed by atoms with E-state index in [2.05, 4.69) is 0 Å². The van der Waals surface area contributed by atoms with Crippen molar-refractivity contribution in [1.82, 2.24) is 4.90 Å². The van der Waals surface area contributed by atoms with Gasteiger partial charge >= 0.3 is 5.97 Å². The highest BCUT2D eigenvalue weighted by Crippen LogP contribution is 2.24. The minimum absolute atomic E-state index is 0.0238. The maximum absolute atomic E-state index is 12.0. The van der Waals surface area contributed by atoms with Crippen molar-refractivity contribution in [3.8, 4) is 0 Å². The first-order valence-electron chi connectivity index (χ1n) is 6.10. The van der Waals surface area contributed by atoms with Gasteiger partial charge in [-0.2, -0.15) is 0 Å². The SMILES string of the molecule is CC(=O)SCCC(=O)N1[C@H](C)CCC[C@@H]1C(=O)O. The van der Waals surface area contributed by atoms with Gasteiger partial charge in [-0.25, -0.2) is 4.79 Å². The fraction of sp³-hybridized carbons (Fsp3) is 0.750. The van der Waals surface area contributed by atoms with E-state index in [0.717, 1.165) is 24.6 Å². The molecule has 6 heteroatoms. The summed E-state index contributed by atoms with van der Waals surface area (Å²) in [4.78, 5) is 35.4. The number of hydrogen-bond acceptors (Lipinski definition) is 4. The first-order chi connectivity index (χ1) is 8.43. The van der Waals surface area contributed by atoms with Crippen LogP contribution in [0.3, 0.4) is 0 Å². The van der Waals surface area contributed by atoms with Gasteiger partial charge in [0.25, 0.3) is 0 Å². The fourth-order valence-electron chi connectivity index (χ4n) is 2.27. The quantitative estimate of drug-likeness (QED) is 0.840. The molecule has 0 aliphatic carbocycles. The van der Waals surface area contributed by atoms with Gasteiger partial charge in [-0.3, -0.25) is 9.59 Å². The molecule has 1 N–H and O–H groups in total. The summed E-state index contributed by atoms with van der Waals surface area (Å²) in [5, 5.41) is 9.11. The second kappa shape index (κ2) is 6.78. The monoisotopic (exact) mass is 273 g/mol. The number of carbonyl (C=O) groups excluding carboxylic acids is 2. The Bertz CT molecular complexity index is 345. The molecular formula is C12H19NO4S. The normalized spacial score (nSPS) is 23.8. The van der Waals surface area contributed by atoms with Crippen LogP contribution in [-0.4, -0.2) is 44.8 Å². The lowest BCUT2D eigenvalue weighted by molar-refractivity contribution is -0.154. The Hall–Kier alpha value is -1.04. The Morgan fingerprint density at radius 1 is 1.33 bits per heavy atom. The number of carboxylic acid groups (broad SMARTS) is 1. The van der Waals surface area contributed by atoms with Crippen molar-refractivity contribution < 1.29 is 19.5 Å². The predicted octanol–water partition coefficient (Wildman–Crippen LogP) is 1.51. The number of likely N-dealkylation sites (tertiary alicyclic amines) is 1. The molecular weight excluding hydrogens is 254 g/mol. The number of carbonyl (C=O) groups is 3. The molecule has 1 amide bonds. The smallest absolute Gasteiger partial charge is 0.326 e. The summed E-state index contributed by atoms with van der Waals surface area (Å²) >= 11 is 1.10. The molecule has 1 fully saturated rings. The lowest BCUT2D eigenvalue weighted by atomic mass is 9.96. The highest BCUT2D eigenvalue weighted by atomic mass is 32.2. The second-order valence-electron chi connectivity index (χ2n) is 4.53. The molecule has 2 atom stereocenters. The second-order valence-corrected chi connectivity index (χ2v) is 5.80. The van der Waals surface area contributed by atoms with Gasteiger partial charge < -0.3 is 10.0 Å². The third kappa shape index (κ3) is 4.01. The predicted molar refractivity (Wildman–Crippen MR) is 69.3 cm³/mol. The van der Waals surface area contributed by atoms with Crippen molar-refractivity contribution in [2.75, 3.05) is 5.75 Å². The number of rotatable bonds is 4. The molecule has 5 nitrogen and oxygen atoms in total. The third-order valence-electron chi connectivity index (χ3n) is 3.10. The first kappa shape index (κ1) is 15.0. The summed E-state index contributed by atoms with van der Waals surface area (Å²) in [6.45, 7) is 3.34. The van der Waals surface area contributed by atoms with E-state index in [4.69, 9.17) is 5.11 Å². The minimum atomic E-state index is -0.936. The van der Waals surface area contributed by atoms with Crippen molar-refractivity contribution in [2.24, 2.45) is 0 Å². The molecule has 0 spiro atoms. The number of aliphatic carboxylic acids is 1. The molecule has 0 aromatic carbocycles. The lowest BCUT2D eigenvalue weighted by Crippen LogP contribution is -2.52. The topological polar surface area (TPSA) is 74.7 Å². The van der Waals surface area contributed by atoms with E-state index in [1.807, 2.05) is 6.92 Å². The van der Waals surface area contributed by atoms with E-state index in [-0.39, 0.29) is 23.5 Å². The first-order valence-corrected chi connectivity index (χ1v) is 7.09. The summed E-state index contributed by atoms with van der Waals surface area (Å²) in [6.07, 6.45) is 2.42. The third-order valence-corrected chi connectivity index (χ3v) is 3.92. The molecule has 102 valence electrons. The highest BCUT2D eigenvalue weighted by Gasteiger charge is 2.35. The van der Waals surface area contributed by atoms with Crippen LogP contribution in [0.5, 0.6) is 0 Å². The fourth-order valence-corrected chi connectivity index (χ4v) is 2.83. The molecule has 18 heavy (non-hydrogen) atoms. The molecule has 0 aromatic rings. The van der Waals surface area contributed by atoms with E-state index in [0.29, 0.717) is 12.2 Å². The molecule has 0 saturated carbocycles. The van der Waals surface area contributed by atoms with Crippen LogP contribution >= 0.6 is 11.8 Å². The number of hydrogen-bond donors (Lipinski definition) is 1. The molecule has 0 bridgehead atoms. The molecule has 0 unspecified atom stereocenters. The Morgan fingerprint density at radius 2 is 2.00 bits per heavy atom. The maximum atomic E-state index is 12.0. The molecule has 0 radical (unpaired) electrons. The van der Waals surface area contributed by atoms with Gasteiger partial charge in [0.15, 0.2) is 5.12 Å². The average Bonchev–Trinajstić information content (AvgIpc) is 2.27. The van der Waals surface area contributed by atoms with E-state index in [1.165, 1.54) is 11.8 Å². The average molecular weight is 273 g/mol. The number of nitrogens with zero attached hydrogens (tertiary/aromatic N) is 1. The summed E-state index contributed by atoms with van der Waals surface area (Å²) in [5.74, 6) is -0.679. The number of piperidine rings is 1. The van der Waals surface area contributed by atoms with Crippen molar-refractivity contribution in [1.29, 1.82) is 0 Å². The van der Waals surface area contributed by atoms with Crippen LogP contribution in [0.15, 0.2) is 0 Å². The van der Waals surface area contributed by atoms with E-state index >= 15 is 0 Å². The van der Waals surface area contributed by atoms with Crippen LogP contribution in [0.4, 0.5) is 0 Å². The van der Waals surface area contributed by atoms with Crippen LogP contribution in [0.25, 0.3) is 0 Å².